The average Bonchev–Trinajstić information content (AvgIpc) is 3.23. The second-order valence-electron chi connectivity index (χ2n) is 7.57. The van der Waals surface area contributed by atoms with Crippen LogP contribution in [0.5, 0.6) is 0 Å². The number of hydrogen-bond acceptors (Lipinski definition) is 5. The van der Waals surface area contributed by atoms with E-state index in [9.17, 15) is 18.8 Å². The molecule has 32 heavy (non-hydrogen) atoms. The quantitative estimate of drug-likeness (QED) is 0.328. The number of nitrogens with one attached hydrogen (secondary N) is 1. The summed E-state index contributed by atoms with van der Waals surface area (Å²) in [5.41, 5.74) is 1.77. The number of nitriles is 1. The van der Waals surface area contributed by atoms with Gasteiger partial charge in [-0.25, -0.2) is 13.4 Å². The van der Waals surface area contributed by atoms with E-state index in [1.807, 2.05) is 44.2 Å². The Morgan fingerprint density at radius 2 is 1.69 bits per heavy atom. The third-order valence-electron chi connectivity index (χ3n) is 5.26. The molecule has 0 saturated carbocycles. The highest BCUT2D eigenvalue weighted by atomic mass is 32.2. The van der Waals surface area contributed by atoms with E-state index in [2.05, 4.69) is 9.97 Å². The first-order valence-corrected chi connectivity index (χ1v) is 12.2. The Balaban J connectivity index is 1.92. The van der Waals surface area contributed by atoms with Gasteiger partial charge in [-0.1, -0.05) is 38.8 Å². The second-order valence-corrected chi connectivity index (χ2v) is 9.51. The lowest BCUT2D eigenvalue weighted by Crippen LogP contribution is -2.33. The third-order valence-corrected chi connectivity index (χ3v) is 7.18. The number of aliphatic hydroxyl groups excluding tert-OH is 1. The molecule has 8 heteroatoms. The van der Waals surface area contributed by atoms with Crippen LogP contribution in [0.1, 0.15) is 50.9 Å². The molecule has 0 saturated heterocycles. The molecule has 0 aliphatic rings. The number of nitrogens with zero attached hydrogens (tertiary/aromatic N) is 3. The summed E-state index contributed by atoms with van der Waals surface area (Å²) in [5.74, 6) is -0.00229. The van der Waals surface area contributed by atoms with Gasteiger partial charge >= 0.3 is 0 Å². The standard InChI is InChI=1S/C24H28N4O3S/c1-3-5-15-28(16-6-4-2)32(30,31)19-13-11-18(12-14-19)23(29)20(17-25)24-26-21-9-7-8-10-22(21)27-24/h7-14,29H,3-6,15-16H2,1-2H3,(H,26,27). The Bertz CT molecular complexity index is 1200. The summed E-state index contributed by atoms with van der Waals surface area (Å²) < 4.78 is 27.8. The van der Waals surface area contributed by atoms with Crippen molar-refractivity contribution >= 4 is 32.4 Å². The van der Waals surface area contributed by atoms with Crippen LogP contribution in [-0.4, -0.2) is 40.9 Å². The number of unbranched alkanes of at least 4 members (excludes halogenated alkanes) is 2. The molecule has 2 N–H and O–H groups in total. The number of aliphatic hydroxyl groups is 1. The zero-order valence-corrected chi connectivity index (χ0v) is 19.2. The Morgan fingerprint density at radius 1 is 1.06 bits per heavy atom. The molecule has 168 valence electrons. The molecule has 0 atom stereocenters. The van der Waals surface area contributed by atoms with Crippen molar-refractivity contribution in [2.75, 3.05) is 13.1 Å². The number of hydrogen-bond donors (Lipinski definition) is 2. The minimum absolute atomic E-state index is 0.00988. The van der Waals surface area contributed by atoms with Gasteiger partial charge in [-0.2, -0.15) is 9.57 Å². The number of rotatable bonds is 10. The smallest absolute Gasteiger partial charge is 0.243 e. The van der Waals surface area contributed by atoms with Gasteiger partial charge in [0, 0.05) is 18.7 Å². The van der Waals surface area contributed by atoms with Crippen LogP contribution >= 0.6 is 0 Å². The molecule has 2 aromatic carbocycles. The Labute approximate surface area is 189 Å². The molecule has 0 spiro atoms. The van der Waals surface area contributed by atoms with Crippen molar-refractivity contribution in [1.29, 1.82) is 5.26 Å². The first-order chi connectivity index (χ1) is 15.4. The minimum atomic E-state index is -3.63. The second kappa shape index (κ2) is 10.4. The van der Waals surface area contributed by atoms with Crippen LogP contribution < -0.4 is 0 Å². The summed E-state index contributed by atoms with van der Waals surface area (Å²) in [5, 5.41) is 20.4. The van der Waals surface area contributed by atoms with Crippen LogP contribution in [0.2, 0.25) is 0 Å². The summed E-state index contributed by atoms with van der Waals surface area (Å²) in [6.45, 7) is 5.03. The summed E-state index contributed by atoms with van der Waals surface area (Å²) in [7, 11) is -3.63. The molecule has 0 fully saturated rings. The largest absolute Gasteiger partial charge is 0.506 e. The molecule has 7 nitrogen and oxygen atoms in total. The highest BCUT2D eigenvalue weighted by Gasteiger charge is 2.24. The van der Waals surface area contributed by atoms with Crippen molar-refractivity contribution in [1.82, 2.24) is 14.3 Å². The molecule has 0 amide bonds. The van der Waals surface area contributed by atoms with E-state index in [0.29, 0.717) is 24.2 Å². The number of aromatic amines is 1. The summed E-state index contributed by atoms with van der Waals surface area (Å²) in [6.07, 6.45) is 3.42. The molecule has 1 aromatic heterocycles. The maximum Gasteiger partial charge on any atom is 0.243 e. The van der Waals surface area contributed by atoms with Crippen molar-refractivity contribution < 1.29 is 13.5 Å². The first-order valence-electron chi connectivity index (χ1n) is 10.8. The summed E-state index contributed by atoms with van der Waals surface area (Å²) in [6, 6.07) is 15.3. The van der Waals surface area contributed by atoms with Gasteiger partial charge in [0.25, 0.3) is 0 Å². The Kier molecular flexibility index (Phi) is 7.67. The number of sulfonamides is 1. The number of H-pyrrole nitrogens is 1. The number of imidazole rings is 1. The third kappa shape index (κ3) is 5.01. The van der Waals surface area contributed by atoms with Gasteiger partial charge in [0.1, 0.15) is 17.4 Å². The van der Waals surface area contributed by atoms with Gasteiger partial charge in [0.15, 0.2) is 5.82 Å². The molecule has 0 aliphatic carbocycles. The lowest BCUT2D eigenvalue weighted by atomic mass is 10.1. The highest BCUT2D eigenvalue weighted by Crippen LogP contribution is 2.26. The summed E-state index contributed by atoms with van der Waals surface area (Å²) in [4.78, 5) is 7.57. The highest BCUT2D eigenvalue weighted by molar-refractivity contribution is 7.89. The number of allylic oxidation sites excluding steroid dienone is 1. The zero-order chi connectivity index (χ0) is 23.1. The number of aromatic nitrogens is 2. The first kappa shape index (κ1) is 23.5. The zero-order valence-electron chi connectivity index (χ0n) is 18.4. The number of fused-ring (bicyclic) bond motifs is 1. The Morgan fingerprint density at radius 3 is 2.25 bits per heavy atom. The van der Waals surface area contributed by atoms with Crippen molar-refractivity contribution in [3.63, 3.8) is 0 Å². The fourth-order valence-electron chi connectivity index (χ4n) is 3.39. The van der Waals surface area contributed by atoms with Crippen molar-refractivity contribution in [2.24, 2.45) is 0 Å². The number of para-hydroxylation sites is 2. The minimum Gasteiger partial charge on any atom is -0.506 e. The van der Waals surface area contributed by atoms with Gasteiger partial charge < -0.3 is 10.1 Å². The maximum atomic E-state index is 13.1. The van der Waals surface area contributed by atoms with Crippen LogP contribution in [0.4, 0.5) is 0 Å². The predicted octanol–water partition coefficient (Wildman–Crippen LogP) is 5.10. The predicted molar refractivity (Wildman–Crippen MR) is 126 cm³/mol. The maximum absolute atomic E-state index is 13.1. The summed E-state index contributed by atoms with van der Waals surface area (Å²) >= 11 is 0. The Hall–Kier alpha value is -3.15. The van der Waals surface area contributed by atoms with Gasteiger partial charge in [-0.05, 0) is 49.2 Å². The lowest BCUT2D eigenvalue weighted by molar-refractivity contribution is 0.395. The molecule has 3 rings (SSSR count). The van der Waals surface area contributed by atoms with E-state index in [4.69, 9.17) is 0 Å². The van der Waals surface area contributed by atoms with Crippen LogP contribution in [0, 0.1) is 11.3 Å². The molecule has 0 radical (unpaired) electrons. The average molecular weight is 453 g/mol. The van der Waals surface area contributed by atoms with E-state index >= 15 is 0 Å². The SMILES string of the molecule is CCCCN(CCCC)S(=O)(=O)c1ccc(C(O)=C(C#N)c2nc3ccccc3[nH]2)cc1. The molecular weight excluding hydrogens is 424 g/mol. The fraction of sp³-hybridized carbons (Fsp3) is 0.333. The monoisotopic (exact) mass is 452 g/mol. The fourth-order valence-corrected chi connectivity index (χ4v) is 4.91. The van der Waals surface area contributed by atoms with Crippen LogP contribution in [-0.2, 0) is 10.0 Å². The molecule has 0 aliphatic heterocycles. The van der Waals surface area contributed by atoms with Gasteiger partial charge in [-0.15, -0.1) is 0 Å². The molecule has 3 aromatic rings. The van der Waals surface area contributed by atoms with Crippen LogP contribution in [0.15, 0.2) is 53.4 Å². The van der Waals surface area contributed by atoms with E-state index in [0.717, 1.165) is 31.2 Å². The van der Waals surface area contributed by atoms with Gasteiger partial charge in [0.2, 0.25) is 10.0 Å². The van der Waals surface area contributed by atoms with Crippen molar-refractivity contribution in [2.45, 2.75) is 44.4 Å². The van der Waals surface area contributed by atoms with Crippen molar-refractivity contribution in [3.8, 4) is 6.07 Å². The van der Waals surface area contributed by atoms with E-state index < -0.39 is 10.0 Å². The van der Waals surface area contributed by atoms with Crippen molar-refractivity contribution in [3.05, 3.63) is 59.9 Å². The van der Waals surface area contributed by atoms with E-state index in [1.54, 1.807) is 0 Å². The van der Waals surface area contributed by atoms with Crippen LogP contribution in [0.3, 0.4) is 0 Å². The normalized spacial score (nSPS) is 12.7. The molecule has 0 unspecified atom stereocenters. The van der Waals surface area contributed by atoms with E-state index in [1.165, 1.54) is 28.6 Å². The number of benzene rings is 2. The van der Waals surface area contributed by atoms with Crippen LogP contribution in [0.25, 0.3) is 22.4 Å². The van der Waals surface area contributed by atoms with E-state index in [-0.39, 0.29) is 22.1 Å². The molecule has 0 bridgehead atoms. The molecular formula is C24H28N4O3S. The van der Waals surface area contributed by atoms with Gasteiger partial charge in [0.05, 0.1) is 15.9 Å². The lowest BCUT2D eigenvalue weighted by Gasteiger charge is -2.22. The van der Waals surface area contributed by atoms with Gasteiger partial charge in [-0.3, -0.25) is 0 Å². The molecule has 1 heterocycles. The topological polar surface area (TPSA) is 110 Å².